The lowest BCUT2D eigenvalue weighted by molar-refractivity contribution is -0.102. The summed E-state index contributed by atoms with van der Waals surface area (Å²) in [5.74, 6) is 0. The number of nitrogens with one attached hydrogen (secondary N) is 2. The lowest BCUT2D eigenvalue weighted by Crippen LogP contribution is -2.38. The Morgan fingerprint density at radius 1 is 0.804 bits per heavy atom. The zero-order valence-corrected chi connectivity index (χ0v) is 26.5. The average Bonchev–Trinajstić information content (AvgIpc) is 3.07. The molecule has 1 heterocycles. The molecule has 0 atom stereocenters. The second kappa shape index (κ2) is 13.6. The zero-order chi connectivity index (χ0) is 32.7. The number of rotatable bonds is 10. The van der Waals surface area contributed by atoms with E-state index in [1.165, 1.54) is 4.90 Å². The summed E-state index contributed by atoms with van der Waals surface area (Å²) in [6.07, 6.45) is 3.58. The van der Waals surface area contributed by atoms with Gasteiger partial charge in [0.15, 0.2) is 6.29 Å². The standard InChI is InChI=1S/C39H38N4O3/c1-38(2,3)46-37(45)43(4)26-28-22-30(25-41-24-28)29-20-21-36(34(23-29)35(40)27-44)42-39(31-14-8-5-9-15-31,32-16-10-6-11-17-32)33-18-12-7-13-19-33/h5-25,27,40,42H,26H2,1-4H3. The Kier molecular flexibility index (Phi) is 9.42. The number of pyridine rings is 1. The van der Waals surface area contributed by atoms with Crippen molar-refractivity contribution in [3.8, 4) is 11.1 Å². The van der Waals surface area contributed by atoms with Crippen molar-refractivity contribution >= 4 is 23.8 Å². The summed E-state index contributed by atoms with van der Waals surface area (Å²) in [5, 5.41) is 12.5. The molecule has 4 aromatic carbocycles. The van der Waals surface area contributed by atoms with Gasteiger partial charge in [0, 0.05) is 36.3 Å². The Hall–Kier alpha value is -5.56. The SMILES string of the molecule is CN(Cc1cncc(-c2ccc(NC(c3ccccc3)(c3ccccc3)c3ccccc3)c(C(=N)C=O)c2)c1)C(=O)OC(C)(C)C. The minimum atomic E-state index is -0.836. The van der Waals surface area contributed by atoms with Crippen molar-refractivity contribution in [2.45, 2.75) is 38.5 Å². The molecule has 5 rings (SSSR count). The third kappa shape index (κ3) is 7.05. The Morgan fingerprint density at radius 2 is 1.35 bits per heavy atom. The molecule has 7 heteroatoms. The van der Waals surface area contributed by atoms with Gasteiger partial charge in [-0.2, -0.15) is 0 Å². The summed E-state index contributed by atoms with van der Waals surface area (Å²) in [7, 11) is 1.68. The van der Waals surface area contributed by atoms with E-state index >= 15 is 0 Å². The van der Waals surface area contributed by atoms with Gasteiger partial charge in [-0.25, -0.2) is 4.79 Å². The number of aromatic nitrogens is 1. The molecule has 0 aliphatic heterocycles. The molecule has 1 amide bonds. The molecule has 0 aliphatic carbocycles. The molecule has 0 unspecified atom stereocenters. The molecule has 0 saturated carbocycles. The van der Waals surface area contributed by atoms with Crippen molar-refractivity contribution in [2.24, 2.45) is 0 Å². The highest BCUT2D eigenvalue weighted by molar-refractivity contribution is 6.36. The normalized spacial score (nSPS) is 11.4. The van der Waals surface area contributed by atoms with Crippen LogP contribution in [-0.2, 0) is 21.6 Å². The molecule has 5 aromatic rings. The van der Waals surface area contributed by atoms with Crippen LogP contribution in [0.2, 0.25) is 0 Å². The summed E-state index contributed by atoms with van der Waals surface area (Å²) in [4.78, 5) is 30.6. The van der Waals surface area contributed by atoms with Gasteiger partial charge < -0.3 is 15.0 Å². The van der Waals surface area contributed by atoms with Crippen LogP contribution in [0.15, 0.2) is 128 Å². The smallest absolute Gasteiger partial charge is 0.410 e. The van der Waals surface area contributed by atoms with E-state index in [9.17, 15) is 9.59 Å². The largest absolute Gasteiger partial charge is 0.444 e. The average molecular weight is 611 g/mol. The van der Waals surface area contributed by atoms with Crippen molar-refractivity contribution in [1.29, 1.82) is 5.41 Å². The van der Waals surface area contributed by atoms with Gasteiger partial charge in [0.05, 0.1) is 6.54 Å². The third-order valence-corrected chi connectivity index (χ3v) is 7.62. The van der Waals surface area contributed by atoms with Crippen LogP contribution in [0, 0.1) is 5.41 Å². The Morgan fingerprint density at radius 3 is 1.85 bits per heavy atom. The molecule has 0 radical (unpaired) electrons. The predicted octanol–water partition coefficient (Wildman–Crippen LogP) is 8.09. The number of carbonyl (C=O) groups is 2. The van der Waals surface area contributed by atoms with E-state index in [4.69, 9.17) is 10.1 Å². The van der Waals surface area contributed by atoms with Crippen LogP contribution in [0.1, 0.15) is 48.6 Å². The van der Waals surface area contributed by atoms with Crippen LogP contribution >= 0.6 is 0 Å². The maximum atomic E-state index is 12.5. The van der Waals surface area contributed by atoms with Crippen LogP contribution in [-0.4, -0.2) is 40.6 Å². The number of hydrogen-bond donors (Lipinski definition) is 2. The van der Waals surface area contributed by atoms with E-state index in [2.05, 4.69) is 46.7 Å². The molecular weight excluding hydrogens is 572 g/mol. The van der Waals surface area contributed by atoms with Gasteiger partial charge in [-0.05, 0) is 66.8 Å². The molecule has 2 N–H and O–H groups in total. The highest BCUT2D eigenvalue weighted by atomic mass is 16.6. The summed E-state index contributed by atoms with van der Waals surface area (Å²) < 4.78 is 5.49. The molecule has 0 spiro atoms. The predicted molar refractivity (Wildman–Crippen MR) is 183 cm³/mol. The number of anilines is 1. The Bertz CT molecular complexity index is 1720. The van der Waals surface area contributed by atoms with Gasteiger partial charge >= 0.3 is 6.09 Å². The fraction of sp³-hybridized carbons (Fsp3) is 0.179. The lowest BCUT2D eigenvalue weighted by Gasteiger charge is -2.38. The third-order valence-electron chi connectivity index (χ3n) is 7.62. The molecular formula is C39H38N4O3. The van der Waals surface area contributed by atoms with Crippen molar-refractivity contribution in [3.05, 3.63) is 155 Å². The number of amides is 1. The molecule has 0 fully saturated rings. The van der Waals surface area contributed by atoms with Crippen LogP contribution in [0.3, 0.4) is 0 Å². The van der Waals surface area contributed by atoms with E-state index in [1.807, 2.05) is 99.6 Å². The fourth-order valence-electron chi connectivity index (χ4n) is 5.51. The zero-order valence-electron chi connectivity index (χ0n) is 26.5. The first-order chi connectivity index (χ1) is 22.1. The first-order valence-corrected chi connectivity index (χ1v) is 15.1. The van der Waals surface area contributed by atoms with E-state index in [0.29, 0.717) is 24.1 Å². The second-order valence-electron chi connectivity index (χ2n) is 12.2. The van der Waals surface area contributed by atoms with Gasteiger partial charge in [-0.3, -0.25) is 15.2 Å². The van der Waals surface area contributed by atoms with Crippen LogP contribution < -0.4 is 5.32 Å². The summed E-state index contributed by atoms with van der Waals surface area (Å²) >= 11 is 0. The number of nitrogens with zero attached hydrogens (tertiary/aromatic N) is 2. The van der Waals surface area contributed by atoms with Crippen molar-refractivity contribution in [2.75, 3.05) is 12.4 Å². The fourth-order valence-corrected chi connectivity index (χ4v) is 5.51. The van der Waals surface area contributed by atoms with Crippen LogP contribution in [0.4, 0.5) is 10.5 Å². The Balaban J connectivity index is 1.58. The van der Waals surface area contributed by atoms with E-state index in [1.54, 1.807) is 19.4 Å². The van der Waals surface area contributed by atoms with E-state index < -0.39 is 17.2 Å². The van der Waals surface area contributed by atoms with Crippen molar-refractivity contribution in [3.63, 3.8) is 0 Å². The summed E-state index contributed by atoms with van der Waals surface area (Å²) in [6.45, 7) is 5.80. The summed E-state index contributed by atoms with van der Waals surface area (Å²) in [6, 6.07) is 38.1. The monoisotopic (exact) mass is 610 g/mol. The maximum Gasteiger partial charge on any atom is 0.410 e. The highest BCUT2D eigenvalue weighted by Gasteiger charge is 2.37. The minimum absolute atomic E-state index is 0.152. The van der Waals surface area contributed by atoms with Crippen LogP contribution in [0.5, 0.6) is 0 Å². The number of benzene rings is 4. The van der Waals surface area contributed by atoms with Crippen LogP contribution in [0.25, 0.3) is 11.1 Å². The van der Waals surface area contributed by atoms with E-state index in [-0.39, 0.29) is 5.71 Å². The molecule has 232 valence electrons. The molecule has 7 nitrogen and oxygen atoms in total. The molecule has 0 bridgehead atoms. The number of ether oxygens (including phenoxy) is 1. The maximum absolute atomic E-state index is 12.5. The molecule has 1 aromatic heterocycles. The van der Waals surface area contributed by atoms with Crippen molar-refractivity contribution in [1.82, 2.24) is 9.88 Å². The first kappa shape index (κ1) is 31.9. The van der Waals surface area contributed by atoms with Crippen molar-refractivity contribution < 1.29 is 14.3 Å². The quantitative estimate of drug-likeness (QED) is 0.0947. The first-order valence-electron chi connectivity index (χ1n) is 15.1. The van der Waals surface area contributed by atoms with Gasteiger partial charge in [0.2, 0.25) is 0 Å². The van der Waals surface area contributed by atoms with E-state index in [0.717, 1.165) is 33.4 Å². The molecule has 0 aliphatic rings. The highest BCUT2D eigenvalue weighted by Crippen LogP contribution is 2.41. The molecule has 46 heavy (non-hydrogen) atoms. The number of hydrogen-bond acceptors (Lipinski definition) is 6. The van der Waals surface area contributed by atoms with Gasteiger partial charge in [0.25, 0.3) is 0 Å². The van der Waals surface area contributed by atoms with Gasteiger partial charge in [-0.15, -0.1) is 0 Å². The lowest BCUT2D eigenvalue weighted by atomic mass is 9.76. The number of carbonyl (C=O) groups excluding carboxylic acids is 2. The Labute approximate surface area is 270 Å². The summed E-state index contributed by atoms with van der Waals surface area (Å²) in [5.41, 5.74) is 4.91. The van der Waals surface area contributed by atoms with Gasteiger partial charge in [0.1, 0.15) is 16.9 Å². The van der Waals surface area contributed by atoms with Gasteiger partial charge in [-0.1, -0.05) is 97.1 Å². The molecule has 0 saturated heterocycles. The topological polar surface area (TPSA) is 95.4 Å². The number of aldehydes is 1. The minimum Gasteiger partial charge on any atom is -0.444 e. The second-order valence-corrected chi connectivity index (χ2v) is 12.2.